The van der Waals surface area contributed by atoms with E-state index < -0.39 is 11.9 Å². The Bertz CT molecular complexity index is 1680. The Balaban J connectivity index is 1.55. The molecular weight excluding hydrogens is 457 g/mol. The number of carbonyl (C=O) groups excluding carboxylic acids is 1. The molecule has 7 nitrogen and oxygen atoms in total. The highest BCUT2D eigenvalue weighted by Crippen LogP contribution is 2.34. The Morgan fingerprint density at radius 2 is 2.03 bits per heavy atom. The fraction of sp³-hybridized carbons (Fsp3) is 0.179. The van der Waals surface area contributed by atoms with Crippen molar-refractivity contribution in [3.63, 3.8) is 0 Å². The van der Waals surface area contributed by atoms with Crippen LogP contribution < -0.4 is 0 Å². The molecule has 36 heavy (non-hydrogen) atoms. The van der Waals surface area contributed by atoms with E-state index in [0.717, 1.165) is 16.9 Å². The van der Waals surface area contributed by atoms with Crippen LogP contribution in [-0.2, 0) is 6.54 Å². The van der Waals surface area contributed by atoms with E-state index in [1.165, 1.54) is 15.5 Å². The van der Waals surface area contributed by atoms with Crippen LogP contribution in [0, 0.1) is 25.1 Å². The van der Waals surface area contributed by atoms with Crippen LogP contribution in [0.2, 0.25) is 0 Å². The summed E-state index contributed by atoms with van der Waals surface area (Å²) in [4.78, 5) is 22.8. The minimum Gasteiger partial charge on any atom is -0.384 e. The quantitative estimate of drug-likeness (QED) is 0.384. The van der Waals surface area contributed by atoms with Gasteiger partial charge in [0.1, 0.15) is 23.3 Å². The zero-order chi connectivity index (χ0) is 25.6. The lowest BCUT2D eigenvalue weighted by Crippen LogP contribution is -2.26. The molecule has 3 aromatic heterocycles. The third-order valence-electron chi connectivity index (χ3n) is 6.36. The Morgan fingerprint density at radius 3 is 2.75 bits per heavy atom. The van der Waals surface area contributed by atoms with Crippen molar-refractivity contribution in [1.82, 2.24) is 24.0 Å². The largest absolute Gasteiger partial charge is 0.384 e. The molecule has 0 aliphatic heterocycles. The van der Waals surface area contributed by atoms with Crippen LogP contribution in [0.5, 0.6) is 0 Å². The topological polar surface area (TPSA) is 76.2 Å². The first kappa shape index (κ1) is 23.3. The number of aromatic nitrogens is 4. The lowest BCUT2D eigenvalue weighted by Gasteiger charge is -2.14. The molecule has 0 fully saturated rings. The predicted molar refractivity (Wildman–Crippen MR) is 136 cm³/mol. The molecule has 0 radical (unpaired) electrons. The van der Waals surface area contributed by atoms with Gasteiger partial charge in [0.15, 0.2) is 0 Å². The average molecular weight is 482 g/mol. The van der Waals surface area contributed by atoms with Crippen LogP contribution in [0.25, 0.3) is 21.9 Å². The number of carbonyl (C=O) groups is 1. The van der Waals surface area contributed by atoms with E-state index >= 15 is 4.39 Å². The lowest BCUT2D eigenvalue weighted by molar-refractivity contribution is 0.217. The number of amides is 1. The Kier molecular flexibility index (Phi) is 5.78. The smallest absolute Gasteiger partial charge is 0.328 e. The number of aliphatic hydroxyl groups is 1. The summed E-state index contributed by atoms with van der Waals surface area (Å²) in [5, 5.41) is 11.9. The number of nitrogens with zero attached hydrogens (tertiary/aromatic N) is 5. The second kappa shape index (κ2) is 8.95. The molecule has 0 aliphatic rings. The van der Waals surface area contributed by atoms with E-state index in [1.807, 2.05) is 17.6 Å². The molecule has 3 heterocycles. The molecule has 1 unspecified atom stereocenters. The Labute approximate surface area is 207 Å². The maximum Gasteiger partial charge on any atom is 0.328 e. The molecule has 180 valence electrons. The van der Waals surface area contributed by atoms with Crippen molar-refractivity contribution in [2.75, 3.05) is 14.1 Å². The fourth-order valence-corrected chi connectivity index (χ4v) is 4.53. The fourth-order valence-electron chi connectivity index (χ4n) is 4.53. The summed E-state index contributed by atoms with van der Waals surface area (Å²) >= 11 is 0. The molecule has 1 atom stereocenters. The van der Waals surface area contributed by atoms with E-state index in [0.29, 0.717) is 33.2 Å². The molecular formula is C28H24FN5O2. The maximum absolute atomic E-state index is 15.3. The summed E-state index contributed by atoms with van der Waals surface area (Å²) in [5.74, 6) is 2.93. The zero-order valence-electron chi connectivity index (χ0n) is 20.1. The third kappa shape index (κ3) is 3.80. The monoisotopic (exact) mass is 481 g/mol. The normalized spacial score (nSPS) is 12.1. The van der Waals surface area contributed by atoms with Crippen molar-refractivity contribution in [3.05, 3.63) is 95.0 Å². The SMILES string of the molecule is C#Cc1cccc2c1c(C(O)c1ccc(Cn3c(C)nc4cnccc43)c(F)c1)cn2C(=O)N(C)C. The number of aryl methyl sites for hydroxylation is 1. The van der Waals surface area contributed by atoms with Crippen LogP contribution in [0.3, 0.4) is 0 Å². The molecule has 0 saturated carbocycles. The van der Waals surface area contributed by atoms with Gasteiger partial charge in [0.2, 0.25) is 0 Å². The van der Waals surface area contributed by atoms with E-state index in [9.17, 15) is 9.90 Å². The van der Waals surface area contributed by atoms with Gasteiger partial charge in [-0.1, -0.05) is 24.1 Å². The van der Waals surface area contributed by atoms with Gasteiger partial charge in [0.25, 0.3) is 0 Å². The van der Waals surface area contributed by atoms with Gasteiger partial charge >= 0.3 is 6.03 Å². The first-order valence-electron chi connectivity index (χ1n) is 11.4. The van der Waals surface area contributed by atoms with Crippen molar-refractivity contribution in [3.8, 4) is 12.3 Å². The molecule has 1 amide bonds. The van der Waals surface area contributed by atoms with Crippen molar-refractivity contribution in [2.45, 2.75) is 19.6 Å². The van der Waals surface area contributed by atoms with Crippen molar-refractivity contribution < 1.29 is 14.3 Å². The highest BCUT2D eigenvalue weighted by atomic mass is 19.1. The highest BCUT2D eigenvalue weighted by molar-refractivity contribution is 5.97. The average Bonchev–Trinajstić information content (AvgIpc) is 3.41. The molecule has 0 aliphatic carbocycles. The second-order valence-electron chi connectivity index (χ2n) is 8.84. The minimum atomic E-state index is -1.19. The number of fused-ring (bicyclic) bond motifs is 2. The van der Waals surface area contributed by atoms with Crippen LogP contribution >= 0.6 is 0 Å². The predicted octanol–water partition coefficient (Wildman–Crippen LogP) is 4.47. The summed E-state index contributed by atoms with van der Waals surface area (Å²) in [6.07, 6.45) is 9.45. The van der Waals surface area contributed by atoms with Crippen LogP contribution in [0.4, 0.5) is 9.18 Å². The number of hydrogen-bond donors (Lipinski definition) is 1. The Hall–Kier alpha value is -4.48. The molecule has 2 aromatic carbocycles. The first-order chi connectivity index (χ1) is 17.3. The van der Waals surface area contributed by atoms with Crippen LogP contribution in [0.15, 0.2) is 61.1 Å². The number of benzene rings is 2. The minimum absolute atomic E-state index is 0.284. The molecule has 0 saturated heterocycles. The summed E-state index contributed by atoms with van der Waals surface area (Å²) < 4.78 is 18.7. The van der Waals surface area contributed by atoms with Crippen LogP contribution in [-0.4, -0.2) is 49.2 Å². The number of terminal acetylenes is 1. The summed E-state index contributed by atoms with van der Waals surface area (Å²) in [6, 6.07) is 11.5. The number of rotatable bonds is 4. The summed E-state index contributed by atoms with van der Waals surface area (Å²) in [7, 11) is 3.29. The van der Waals surface area contributed by atoms with Gasteiger partial charge < -0.3 is 14.6 Å². The first-order valence-corrected chi connectivity index (χ1v) is 11.4. The number of imidazole rings is 1. The van der Waals surface area contributed by atoms with E-state index in [4.69, 9.17) is 6.42 Å². The van der Waals surface area contributed by atoms with E-state index in [2.05, 4.69) is 15.9 Å². The molecule has 0 bridgehead atoms. The lowest BCUT2D eigenvalue weighted by atomic mass is 9.97. The van der Waals surface area contributed by atoms with Crippen LogP contribution in [0.1, 0.15) is 34.2 Å². The molecule has 8 heteroatoms. The van der Waals surface area contributed by atoms with Gasteiger partial charge in [-0.2, -0.15) is 0 Å². The number of pyridine rings is 1. The molecule has 0 spiro atoms. The molecule has 5 rings (SSSR count). The van der Waals surface area contributed by atoms with Crippen molar-refractivity contribution >= 4 is 28.0 Å². The Morgan fingerprint density at radius 1 is 1.22 bits per heavy atom. The number of hydrogen-bond acceptors (Lipinski definition) is 4. The van der Waals surface area contributed by atoms with Gasteiger partial charge in [-0.25, -0.2) is 14.2 Å². The standard InChI is InChI=1S/C28H24FN5O2/c1-5-18-7-6-8-25-26(18)21(16-34(25)28(36)32(3)4)27(35)19-9-10-20(22(29)13-19)15-33-17(2)31-23-14-30-12-11-24(23)33/h1,6-14,16,27,35H,15H2,2-4H3. The zero-order valence-corrected chi connectivity index (χ0v) is 20.1. The van der Waals surface area contributed by atoms with Gasteiger partial charge in [0, 0.05) is 48.6 Å². The van der Waals surface area contributed by atoms with E-state index in [1.54, 1.807) is 63.0 Å². The van der Waals surface area contributed by atoms with Gasteiger partial charge in [0.05, 0.1) is 23.8 Å². The summed E-state index contributed by atoms with van der Waals surface area (Å²) in [6.45, 7) is 2.15. The number of halogens is 1. The van der Waals surface area contributed by atoms with Gasteiger partial charge in [-0.05, 0) is 36.8 Å². The second-order valence-corrected chi connectivity index (χ2v) is 8.84. The number of aliphatic hydroxyl groups excluding tert-OH is 1. The van der Waals surface area contributed by atoms with E-state index in [-0.39, 0.29) is 12.6 Å². The highest BCUT2D eigenvalue weighted by Gasteiger charge is 2.23. The van der Waals surface area contributed by atoms with Crippen molar-refractivity contribution in [2.24, 2.45) is 0 Å². The molecule has 5 aromatic rings. The van der Waals surface area contributed by atoms with Gasteiger partial charge in [-0.15, -0.1) is 6.42 Å². The maximum atomic E-state index is 15.3. The van der Waals surface area contributed by atoms with Gasteiger partial charge in [-0.3, -0.25) is 9.55 Å². The summed E-state index contributed by atoms with van der Waals surface area (Å²) in [5.41, 5.74) is 3.98. The molecule has 1 N–H and O–H groups in total. The van der Waals surface area contributed by atoms with Crippen molar-refractivity contribution in [1.29, 1.82) is 0 Å². The third-order valence-corrected chi connectivity index (χ3v) is 6.36.